The van der Waals surface area contributed by atoms with E-state index in [9.17, 15) is 21.6 Å². The fraction of sp³-hybridized carbons (Fsp3) is 0.400. The van der Waals surface area contributed by atoms with Crippen molar-refractivity contribution in [1.29, 1.82) is 0 Å². The van der Waals surface area contributed by atoms with E-state index in [4.69, 9.17) is 4.84 Å². The zero-order chi connectivity index (χ0) is 22.2. The topological polar surface area (TPSA) is 77.3 Å². The van der Waals surface area contributed by atoms with Crippen molar-refractivity contribution >= 4 is 21.1 Å². The van der Waals surface area contributed by atoms with Crippen molar-refractivity contribution in [2.45, 2.75) is 37.4 Å². The molecule has 1 aliphatic heterocycles. The van der Waals surface area contributed by atoms with E-state index in [0.717, 1.165) is 29.8 Å². The Bertz CT molecular complexity index is 1180. The molecule has 1 saturated heterocycles. The Labute approximate surface area is 177 Å². The molecule has 1 aliphatic rings. The third-order valence-corrected chi connectivity index (χ3v) is 7.14. The molecule has 11 heteroatoms. The van der Waals surface area contributed by atoms with E-state index in [1.165, 1.54) is 28.6 Å². The van der Waals surface area contributed by atoms with Gasteiger partial charge in [-0.1, -0.05) is 23.9 Å². The van der Waals surface area contributed by atoms with Crippen LogP contribution in [0.4, 0.5) is 13.2 Å². The van der Waals surface area contributed by atoms with Crippen LogP contribution in [0, 0.1) is 5.92 Å². The van der Waals surface area contributed by atoms with Crippen LogP contribution < -0.4 is 4.84 Å². The van der Waals surface area contributed by atoms with Crippen LogP contribution >= 0.6 is 0 Å². The van der Waals surface area contributed by atoms with Crippen molar-refractivity contribution in [3.8, 4) is 0 Å². The molecule has 166 valence electrons. The lowest BCUT2D eigenvalue weighted by Crippen LogP contribution is -2.39. The lowest BCUT2D eigenvalue weighted by Gasteiger charge is -2.30. The highest BCUT2D eigenvalue weighted by atomic mass is 32.2. The summed E-state index contributed by atoms with van der Waals surface area (Å²) < 4.78 is 65.6. The standard InChI is InChI=1S/C20H21F3N4O3S/c1-14-3-2-10-26(12-14)31(28,29)17-8-9-18-19(11-17)27(25-24-18)30-13-15-4-6-16(7-5-15)20(21,22)23/h4-9,11,14H,2-3,10,12-13H2,1H3. The molecule has 0 aliphatic carbocycles. The van der Waals surface area contributed by atoms with Gasteiger partial charge in [0.2, 0.25) is 10.0 Å². The van der Waals surface area contributed by atoms with E-state index < -0.39 is 21.8 Å². The average molecular weight is 454 g/mol. The van der Waals surface area contributed by atoms with Gasteiger partial charge in [-0.25, -0.2) is 8.42 Å². The van der Waals surface area contributed by atoms with Crippen LogP contribution in [0.5, 0.6) is 0 Å². The summed E-state index contributed by atoms with van der Waals surface area (Å²) in [6, 6.07) is 9.08. The summed E-state index contributed by atoms with van der Waals surface area (Å²) in [4.78, 5) is 6.76. The van der Waals surface area contributed by atoms with Gasteiger partial charge < -0.3 is 4.84 Å². The summed E-state index contributed by atoms with van der Waals surface area (Å²) in [5.41, 5.74) is 0.559. The summed E-state index contributed by atoms with van der Waals surface area (Å²) >= 11 is 0. The molecule has 1 aromatic heterocycles. The lowest BCUT2D eigenvalue weighted by molar-refractivity contribution is -0.137. The molecule has 31 heavy (non-hydrogen) atoms. The molecule has 2 aromatic carbocycles. The largest absolute Gasteiger partial charge is 0.416 e. The SMILES string of the molecule is CC1CCCN(S(=O)(=O)c2ccc3nnn(OCc4ccc(C(F)(F)F)cc4)c3c2)C1. The number of hydrogen-bond acceptors (Lipinski definition) is 5. The van der Waals surface area contributed by atoms with Gasteiger partial charge in [0.25, 0.3) is 0 Å². The predicted molar refractivity (Wildman–Crippen MR) is 106 cm³/mol. The van der Waals surface area contributed by atoms with Gasteiger partial charge in [-0.15, -0.1) is 5.10 Å². The first-order valence-corrected chi connectivity index (χ1v) is 11.2. The number of piperidine rings is 1. The highest BCUT2D eigenvalue weighted by Crippen LogP contribution is 2.29. The van der Waals surface area contributed by atoms with Crippen LogP contribution in [0.15, 0.2) is 47.4 Å². The minimum atomic E-state index is -4.41. The second kappa shape index (κ2) is 8.12. The van der Waals surface area contributed by atoms with Gasteiger partial charge >= 0.3 is 6.18 Å². The van der Waals surface area contributed by atoms with Gasteiger partial charge in [0, 0.05) is 13.1 Å². The molecule has 0 spiro atoms. The third kappa shape index (κ3) is 4.52. The highest BCUT2D eigenvalue weighted by Gasteiger charge is 2.30. The number of benzene rings is 2. The van der Waals surface area contributed by atoms with Crippen molar-refractivity contribution in [1.82, 2.24) is 19.5 Å². The molecular formula is C20H21F3N4O3S. The van der Waals surface area contributed by atoms with Gasteiger partial charge in [-0.2, -0.15) is 17.5 Å². The Morgan fingerprint density at radius 1 is 1.16 bits per heavy atom. The second-order valence-corrected chi connectivity index (χ2v) is 9.63. The van der Waals surface area contributed by atoms with Gasteiger partial charge in [-0.05, 0) is 59.9 Å². The van der Waals surface area contributed by atoms with Crippen molar-refractivity contribution in [2.75, 3.05) is 13.1 Å². The average Bonchev–Trinajstić information content (AvgIpc) is 3.14. The second-order valence-electron chi connectivity index (χ2n) is 7.69. The summed E-state index contributed by atoms with van der Waals surface area (Å²) in [6.07, 6.45) is -2.59. The normalized spacial score (nSPS) is 18.4. The first-order chi connectivity index (χ1) is 14.6. The zero-order valence-electron chi connectivity index (χ0n) is 16.7. The molecule has 0 bridgehead atoms. The molecule has 0 radical (unpaired) electrons. The minimum absolute atomic E-state index is 0.0583. The number of alkyl halides is 3. The van der Waals surface area contributed by atoms with E-state index in [2.05, 4.69) is 10.3 Å². The van der Waals surface area contributed by atoms with Crippen LogP contribution in [-0.4, -0.2) is 41.0 Å². The molecule has 0 saturated carbocycles. The molecule has 7 nitrogen and oxygen atoms in total. The Balaban J connectivity index is 1.54. The number of aromatic nitrogens is 3. The first-order valence-electron chi connectivity index (χ1n) is 9.79. The van der Waals surface area contributed by atoms with E-state index in [0.29, 0.717) is 35.6 Å². The quantitative estimate of drug-likeness (QED) is 0.590. The monoisotopic (exact) mass is 454 g/mol. The summed E-state index contributed by atoms with van der Waals surface area (Å²) in [5.74, 6) is 0.298. The van der Waals surface area contributed by atoms with E-state index >= 15 is 0 Å². The van der Waals surface area contributed by atoms with Gasteiger partial charge in [0.05, 0.1) is 10.5 Å². The van der Waals surface area contributed by atoms with Crippen LogP contribution in [0.25, 0.3) is 11.0 Å². The molecule has 0 amide bonds. The summed E-state index contributed by atoms with van der Waals surface area (Å²) in [7, 11) is -3.66. The predicted octanol–water partition coefficient (Wildman–Crippen LogP) is 3.50. The number of halogens is 3. The van der Waals surface area contributed by atoms with Crippen LogP contribution in [-0.2, 0) is 22.8 Å². The van der Waals surface area contributed by atoms with Crippen molar-refractivity contribution in [2.24, 2.45) is 5.92 Å². The van der Waals surface area contributed by atoms with Crippen LogP contribution in [0.1, 0.15) is 30.9 Å². The van der Waals surface area contributed by atoms with Gasteiger partial charge in [0.15, 0.2) is 0 Å². The number of rotatable bonds is 5. The maximum atomic E-state index is 13.0. The summed E-state index contributed by atoms with van der Waals surface area (Å²) in [5, 5.41) is 7.83. The number of sulfonamides is 1. The van der Waals surface area contributed by atoms with Crippen LogP contribution in [0.3, 0.4) is 0 Å². The Morgan fingerprint density at radius 3 is 2.58 bits per heavy atom. The first kappa shape index (κ1) is 21.6. The van der Waals surface area contributed by atoms with E-state index in [1.54, 1.807) is 6.07 Å². The number of nitrogens with zero attached hydrogens (tertiary/aromatic N) is 4. The van der Waals surface area contributed by atoms with Crippen molar-refractivity contribution in [3.63, 3.8) is 0 Å². The summed E-state index contributed by atoms with van der Waals surface area (Å²) in [6.45, 7) is 2.92. The van der Waals surface area contributed by atoms with Gasteiger partial charge in [-0.3, -0.25) is 0 Å². The van der Waals surface area contributed by atoms with E-state index in [1.807, 2.05) is 6.92 Å². The number of fused-ring (bicyclic) bond motifs is 1. The molecule has 1 fully saturated rings. The van der Waals surface area contributed by atoms with Gasteiger partial charge in [0.1, 0.15) is 17.6 Å². The smallest absolute Gasteiger partial charge is 0.390 e. The third-order valence-electron chi connectivity index (χ3n) is 5.28. The maximum Gasteiger partial charge on any atom is 0.416 e. The highest BCUT2D eigenvalue weighted by molar-refractivity contribution is 7.89. The van der Waals surface area contributed by atoms with Crippen LogP contribution in [0.2, 0.25) is 0 Å². The zero-order valence-corrected chi connectivity index (χ0v) is 17.5. The van der Waals surface area contributed by atoms with Crippen molar-refractivity contribution < 1.29 is 26.4 Å². The minimum Gasteiger partial charge on any atom is -0.390 e. The molecule has 3 aromatic rings. The fourth-order valence-corrected chi connectivity index (χ4v) is 5.19. The Kier molecular flexibility index (Phi) is 5.65. The maximum absolute atomic E-state index is 13.0. The molecule has 4 rings (SSSR count). The molecule has 1 unspecified atom stereocenters. The molecule has 2 heterocycles. The fourth-order valence-electron chi connectivity index (χ4n) is 3.57. The molecule has 1 atom stereocenters. The van der Waals surface area contributed by atoms with E-state index in [-0.39, 0.29) is 11.5 Å². The lowest BCUT2D eigenvalue weighted by atomic mass is 10.0. The Morgan fingerprint density at radius 2 is 1.90 bits per heavy atom. The molecule has 0 N–H and O–H groups in total. The van der Waals surface area contributed by atoms with Crippen molar-refractivity contribution in [3.05, 3.63) is 53.6 Å². The number of hydrogen-bond donors (Lipinski definition) is 0. The molecular weight excluding hydrogens is 433 g/mol. The Hall–Kier alpha value is -2.66.